The molecule has 0 saturated heterocycles. The van der Waals surface area contributed by atoms with E-state index in [9.17, 15) is 9.46 Å². The van der Waals surface area contributed by atoms with Gasteiger partial charge in [0, 0.05) is 16.3 Å². The van der Waals surface area contributed by atoms with Crippen LogP contribution in [0.1, 0.15) is 22.3 Å². The monoisotopic (exact) mass is 322 g/mol. The average Bonchev–Trinajstić information content (AvgIpc) is 2.37. The van der Waals surface area contributed by atoms with Crippen LogP contribution >= 0.6 is 18.2 Å². The lowest BCUT2D eigenvalue weighted by Crippen LogP contribution is -1.91. The molecule has 3 nitrogen and oxygen atoms in total. The van der Waals surface area contributed by atoms with Gasteiger partial charge in [-0.2, -0.15) is 0 Å². The highest BCUT2D eigenvalue weighted by Crippen LogP contribution is 2.58. The minimum Gasteiger partial charge on any atom is -0.417 e. The summed E-state index contributed by atoms with van der Waals surface area (Å²) in [6, 6.07) is 11.0. The Morgan fingerprint density at radius 3 is 2.05 bits per heavy atom. The van der Waals surface area contributed by atoms with Crippen molar-refractivity contribution in [2.45, 2.75) is 32.6 Å². The molecule has 2 aromatic rings. The first kappa shape index (κ1) is 16.2. The molecule has 1 atom stereocenters. The van der Waals surface area contributed by atoms with E-state index in [0.717, 1.165) is 38.5 Å². The summed E-state index contributed by atoms with van der Waals surface area (Å²) in [5, 5.41) is 0. The van der Waals surface area contributed by atoms with Crippen LogP contribution in [0.15, 0.2) is 41.3 Å². The van der Waals surface area contributed by atoms with Crippen LogP contribution in [0.2, 0.25) is 0 Å². The summed E-state index contributed by atoms with van der Waals surface area (Å²) < 4.78 is 17.5. The molecular formula is C16H19O3PS. The maximum atomic E-state index is 12.2. The minimum atomic E-state index is -3.79. The summed E-state index contributed by atoms with van der Waals surface area (Å²) in [4.78, 5) is 10.8. The van der Waals surface area contributed by atoms with Crippen LogP contribution in [0.25, 0.3) is 0 Å². The van der Waals surface area contributed by atoms with Crippen molar-refractivity contribution in [1.29, 1.82) is 0 Å². The van der Waals surface area contributed by atoms with Crippen LogP contribution < -0.4 is 4.52 Å². The summed E-state index contributed by atoms with van der Waals surface area (Å²) in [7, 11) is 0. The molecule has 1 N–H and O–H groups in total. The molecule has 2 aromatic carbocycles. The lowest BCUT2D eigenvalue weighted by atomic mass is 10.1. The molecule has 0 bridgehead atoms. The van der Waals surface area contributed by atoms with Gasteiger partial charge in [0.25, 0.3) is 0 Å². The SMILES string of the molecule is Cc1ccc(OP(=O)(O)Sc2ccc(C)c(C)c2)cc1C. The van der Waals surface area contributed by atoms with E-state index in [4.69, 9.17) is 4.52 Å². The van der Waals surface area contributed by atoms with E-state index in [1.807, 2.05) is 52.0 Å². The van der Waals surface area contributed by atoms with Crippen molar-refractivity contribution in [1.82, 2.24) is 0 Å². The van der Waals surface area contributed by atoms with Crippen molar-refractivity contribution < 1.29 is 14.0 Å². The molecule has 0 radical (unpaired) electrons. The molecule has 0 heterocycles. The Labute approximate surface area is 129 Å². The van der Waals surface area contributed by atoms with Gasteiger partial charge in [-0.1, -0.05) is 12.1 Å². The molecule has 21 heavy (non-hydrogen) atoms. The van der Waals surface area contributed by atoms with E-state index in [1.165, 1.54) is 0 Å². The molecule has 0 spiro atoms. The Bertz CT molecular complexity index is 655. The number of benzene rings is 2. The molecule has 0 aliphatic heterocycles. The van der Waals surface area contributed by atoms with Gasteiger partial charge in [0.15, 0.2) is 0 Å². The quantitative estimate of drug-likeness (QED) is 0.787. The Kier molecular flexibility index (Phi) is 4.82. The molecule has 0 fully saturated rings. The third-order valence-electron chi connectivity index (χ3n) is 3.40. The van der Waals surface area contributed by atoms with Crippen LogP contribution in [-0.4, -0.2) is 4.89 Å². The fourth-order valence-electron chi connectivity index (χ4n) is 1.83. The van der Waals surface area contributed by atoms with E-state index < -0.39 is 6.80 Å². The molecule has 0 saturated carbocycles. The zero-order valence-corrected chi connectivity index (χ0v) is 14.3. The molecular weight excluding hydrogens is 303 g/mol. The zero-order valence-electron chi connectivity index (χ0n) is 12.6. The van der Waals surface area contributed by atoms with Crippen LogP contribution in [0.3, 0.4) is 0 Å². The standard InChI is InChI=1S/C16H19O3PS/c1-11-5-7-15(9-13(11)3)19-20(17,18)21-16-8-6-12(2)14(4)10-16/h5-10H,1-4H3,(H,17,18). The molecule has 0 aromatic heterocycles. The van der Waals surface area contributed by atoms with Crippen molar-refractivity contribution in [3.8, 4) is 5.75 Å². The predicted molar refractivity (Wildman–Crippen MR) is 88.1 cm³/mol. The van der Waals surface area contributed by atoms with Crippen LogP contribution in [-0.2, 0) is 4.57 Å². The van der Waals surface area contributed by atoms with Gasteiger partial charge >= 0.3 is 6.80 Å². The first-order chi connectivity index (χ1) is 9.77. The Morgan fingerprint density at radius 2 is 1.48 bits per heavy atom. The van der Waals surface area contributed by atoms with E-state index in [1.54, 1.807) is 12.1 Å². The first-order valence-electron chi connectivity index (χ1n) is 6.63. The maximum Gasteiger partial charge on any atom is 0.442 e. The Hall–Kier alpha value is -1.22. The highest BCUT2D eigenvalue weighted by molar-refractivity contribution is 8.54. The van der Waals surface area contributed by atoms with Gasteiger partial charge in [0.05, 0.1) is 0 Å². The smallest absolute Gasteiger partial charge is 0.417 e. The highest BCUT2D eigenvalue weighted by Gasteiger charge is 2.23. The second-order valence-corrected chi connectivity index (χ2v) is 8.85. The van der Waals surface area contributed by atoms with Crippen molar-refractivity contribution >= 4 is 18.2 Å². The van der Waals surface area contributed by atoms with Gasteiger partial charge in [0.1, 0.15) is 5.75 Å². The summed E-state index contributed by atoms with van der Waals surface area (Å²) in [6.07, 6.45) is 0. The van der Waals surface area contributed by atoms with E-state index >= 15 is 0 Å². The molecule has 0 aliphatic rings. The van der Waals surface area contributed by atoms with E-state index in [0.29, 0.717) is 5.75 Å². The summed E-state index contributed by atoms with van der Waals surface area (Å²) in [5.41, 5.74) is 4.40. The van der Waals surface area contributed by atoms with E-state index in [2.05, 4.69) is 0 Å². The average molecular weight is 322 g/mol. The van der Waals surface area contributed by atoms with Gasteiger partial charge in [-0.05, 0) is 74.2 Å². The fourth-order valence-corrected chi connectivity index (χ4v) is 4.38. The number of hydrogen-bond acceptors (Lipinski definition) is 3. The normalized spacial score (nSPS) is 13.8. The van der Waals surface area contributed by atoms with E-state index in [-0.39, 0.29) is 0 Å². The fraction of sp³-hybridized carbons (Fsp3) is 0.250. The van der Waals surface area contributed by atoms with Crippen LogP contribution in [0, 0.1) is 27.7 Å². The molecule has 5 heteroatoms. The second kappa shape index (κ2) is 6.27. The number of hydrogen-bond donors (Lipinski definition) is 1. The van der Waals surface area contributed by atoms with Crippen LogP contribution in [0.4, 0.5) is 0 Å². The molecule has 1 unspecified atom stereocenters. The lowest BCUT2D eigenvalue weighted by Gasteiger charge is -2.14. The van der Waals surface area contributed by atoms with Crippen molar-refractivity contribution in [2.24, 2.45) is 0 Å². The molecule has 112 valence electrons. The van der Waals surface area contributed by atoms with Gasteiger partial charge < -0.3 is 9.42 Å². The van der Waals surface area contributed by atoms with Crippen molar-refractivity contribution in [3.63, 3.8) is 0 Å². The van der Waals surface area contributed by atoms with Gasteiger partial charge in [-0.3, -0.25) is 0 Å². The Morgan fingerprint density at radius 1 is 0.905 bits per heavy atom. The topological polar surface area (TPSA) is 46.5 Å². The summed E-state index contributed by atoms with van der Waals surface area (Å²) in [5.74, 6) is 0.417. The maximum absolute atomic E-state index is 12.2. The summed E-state index contributed by atoms with van der Waals surface area (Å²) in [6.45, 7) is 4.13. The predicted octanol–water partition coefficient (Wildman–Crippen LogP) is 5.19. The Balaban J connectivity index is 2.15. The minimum absolute atomic E-state index is 0.417. The molecule has 2 rings (SSSR count). The lowest BCUT2D eigenvalue weighted by molar-refractivity contribution is 0.402. The highest BCUT2D eigenvalue weighted by atomic mass is 32.7. The molecule has 0 aliphatic carbocycles. The zero-order chi connectivity index (χ0) is 15.6. The first-order valence-corrected chi connectivity index (χ1v) is 9.63. The molecule has 0 amide bonds. The van der Waals surface area contributed by atoms with Crippen molar-refractivity contribution in [3.05, 3.63) is 58.7 Å². The number of rotatable bonds is 4. The van der Waals surface area contributed by atoms with Gasteiger partial charge in [-0.15, -0.1) is 0 Å². The largest absolute Gasteiger partial charge is 0.442 e. The van der Waals surface area contributed by atoms with Gasteiger partial charge in [-0.25, -0.2) is 4.57 Å². The van der Waals surface area contributed by atoms with Crippen molar-refractivity contribution in [2.75, 3.05) is 0 Å². The van der Waals surface area contributed by atoms with Gasteiger partial charge in [0.2, 0.25) is 0 Å². The summed E-state index contributed by atoms with van der Waals surface area (Å²) >= 11 is 0.863. The third kappa shape index (κ3) is 4.37. The number of aryl methyl sites for hydroxylation is 4. The third-order valence-corrected chi connectivity index (χ3v) is 6.08. The second-order valence-electron chi connectivity index (χ2n) is 5.14. The van der Waals surface area contributed by atoms with Crippen LogP contribution in [0.5, 0.6) is 5.75 Å².